The summed E-state index contributed by atoms with van der Waals surface area (Å²) in [6.07, 6.45) is 2.25. The van der Waals surface area contributed by atoms with Crippen LogP contribution in [0.4, 0.5) is 17.1 Å². The SMILES string of the molecule is CC(=O)O.CCCN1C(=O)/C(=c2\sc3n(c2=O)C(c2ccc(OC(C)=O)c(OC)c2)C(C(=O)OCC(C)C)=C(C)N=3)c2ccccc21.CCCN1C(=O)/C(=c2\sc3n(c2=O)C(c2ccc(OC(C)=O)c(OC)c2)C(C(=O)OCC(C)C)=C(C)N=3)c2ccccc21.CCCN1C(=O)/C(=c2\sc3n(c2=O)C(c2ccc(OC(C)=O)c(OC)c2)C(C(=O)OCC(C)C)=C(C)N=3)c2ccccc21. The predicted molar refractivity (Wildman–Crippen MR) is 499 cm³/mol. The monoisotopic (exact) mass is 1870 g/mol. The first-order valence-electron chi connectivity index (χ1n) is 43.1. The zero-order chi connectivity index (χ0) is 96.6. The second-order valence-electron chi connectivity index (χ2n) is 32.8. The summed E-state index contributed by atoms with van der Waals surface area (Å²) in [6.45, 7) is 29.7. The lowest BCUT2D eigenvalue weighted by Gasteiger charge is -2.25. The molecule has 35 heteroatoms. The Morgan fingerprint density at radius 1 is 0.376 bits per heavy atom. The number of esters is 6. The van der Waals surface area contributed by atoms with Crippen molar-refractivity contribution in [3.63, 3.8) is 0 Å². The molecule has 3 amide bonds. The largest absolute Gasteiger partial charge is 0.493 e. The Morgan fingerprint density at radius 2 is 0.617 bits per heavy atom. The Kier molecular flexibility index (Phi) is 30.9. The molecule has 6 aromatic carbocycles. The van der Waals surface area contributed by atoms with Crippen LogP contribution in [0.1, 0.15) is 182 Å². The number of thiazole rings is 3. The Hall–Kier alpha value is -14.1. The average molecular weight is 1870 g/mol. The number of nitrogens with zero attached hydrogens (tertiary/aromatic N) is 9. The van der Waals surface area contributed by atoms with Crippen LogP contribution in [0.15, 0.2) is 191 Å². The van der Waals surface area contributed by atoms with Gasteiger partial charge in [-0.2, -0.15) is 0 Å². The topological polar surface area (TPSA) is 387 Å². The van der Waals surface area contributed by atoms with Gasteiger partial charge in [-0.15, -0.1) is 0 Å². The van der Waals surface area contributed by atoms with Gasteiger partial charge in [0.05, 0.1) is 127 Å². The average Bonchev–Trinajstić information content (AvgIpc) is 1.59. The number of amides is 3. The number of hydrogen-bond acceptors (Lipinski definition) is 28. The van der Waals surface area contributed by atoms with Crippen molar-refractivity contribution in [3.8, 4) is 34.5 Å². The zero-order valence-corrected chi connectivity index (χ0v) is 79.6. The first-order chi connectivity index (χ1) is 63.4. The minimum absolute atomic E-state index is 0.0916. The van der Waals surface area contributed by atoms with Crippen molar-refractivity contribution < 1.29 is 95.7 Å². The van der Waals surface area contributed by atoms with E-state index >= 15 is 0 Å². The van der Waals surface area contributed by atoms with E-state index in [1.807, 2.05) is 135 Å². The van der Waals surface area contributed by atoms with Gasteiger partial charge >= 0.3 is 35.8 Å². The lowest BCUT2D eigenvalue weighted by molar-refractivity contribution is -0.141. The number of carboxylic acids is 1. The van der Waals surface area contributed by atoms with Gasteiger partial charge in [-0.05, 0) is 129 Å². The van der Waals surface area contributed by atoms with Gasteiger partial charge in [-0.25, -0.2) is 29.4 Å². The van der Waals surface area contributed by atoms with Crippen molar-refractivity contribution in [3.05, 3.63) is 254 Å². The van der Waals surface area contributed by atoms with E-state index in [9.17, 15) is 57.5 Å². The molecule has 32 nitrogen and oxygen atoms in total. The van der Waals surface area contributed by atoms with Crippen LogP contribution in [0.2, 0.25) is 0 Å². The van der Waals surface area contributed by atoms with Gasteiger partial charge < -0.3 is 62.4 Å². The van der Waals surface area contributed by atoms with Crippen molar-refractivity contribution in [2.24, 2.45) is 32.7 Å². The minimum Gasteiger partial charge on any atom is -0.493 e. The molecule has 9 heterocycles. The van der Waals surface area contributed by atoms with Crippen molar-refractivity contribution in [2.75, 3.05) is 75.5 Å². The molecule has 0 spiro atoms. The Balaban J connectivity index is 0.000000176. The molecule has 1 N–H and O–H groups in total. The van der Waals surface area contributed by atoms with Crippen LogP contribution in [-0.2, 0) is 62.2 Å². The third-order valence-electron chi connectivity index (χ3n) is 21.4. The third-order valence-corrected chi connectivity index (χ3v) is 24.5. The number of carboxylic acid groups (broad SMARTS) is 1. The van der Waals surface area contributed by atoms with Crippen LogP contribution in [0, 0.1) is 17.8 Å². The Bertz CT molecular complexity index is 6310. The van der Waals surface area contributed by atoms with Crippen LogP contribution < -0.4 is 87.8 Å². The van der Waals surface area contributed by atoms with E-state index in [4.69, 9.17) is 52.5 Å². The molecule has 696 valence electrons. The molecular weight excluding hydrogens is 1770 g/mol. The lowest BCUT2D eigenvalue weighted by atomic mass is 9.95. The zero-order valence-electron chi connectivity index (χ0n) is 77.1. The van der Waals surface area contributed by atoms with Crippen LogP contribution in [0.5, 0.6) is 34.5 Å². The number of para-hydroxylation sites is 3. The van der Waals surface area contributed by atoms with E-state index in [0.29, 0.717) is 101 Å². The molecule has 0 aliphatic carbocycles. The number of aliphatic carboxylic acids is 1. The number of methoxy groups -OCH3 is 3. The van der Waals surface area contributed by atoms with Crippen LogP contribution in [0.25, 0.3) is 16.7 Å². The predicted octanol–water partition coefficient (Wildman–Crippen LogP) is 10.6. The van der Waals surface area contributed by atoms with Crippen LogP contribution in [-0.4, -0.2) is 139 Å². The summed E-state index contributed by atoms with van der Waals surface area (Å²) in [4.78, 5) is 189. The highest BCUT2D eigenvalue weighted by molar-refractivity contribution is 7.08. The maximum atomic E-state index is 14.4. The fourth-order valence-electron chi connectivity index (χ4n) is 15.9. The highest BCUT2D eigenvalue weighted by Crippen LogP contribution is 2.44. The molecule has 0 saturated heterocycles. The summed E-state index contributed by atoms with van der Waals surface area (Å²) in [5.74, 6) is -3.32. The van der Waals surface area contributed by atoms with Crippen molar-refractivity contribution in [2.45, 2.75) is 148 Å². The molecule has 3 atom stereocenters. The summed E-state index contributed by atoms with van der Waals surface area (Å²) in [6, 6.07) is 34.0. The molecule has 15 rings (SSSR count). The maximum absolute atomic E-state index is 14.4. The van der Waals surface area contributed by atoms with Crippen LogP contribution in [0.3, 0.4) is 0 Å². The molecule has 9 aromatic rings. The van der Waals surface area contributed by atoms with Gasteiger partial charge in [0.15, 0.2) is 48.9 Å². The number of ether oxygens (including phenoxy) is 9. The van der Waals surface area contributed by atoms with Gasteiger partial charge in [-0.1, -0.05) is 169 Å². The van der Waals surface area contributed by atoms with E-state index in [0.717, 1.165) is 77.3 Å². The summed E-state index contributed by atoms with van der Waals surface area (Å²) in [5, 5.41) is 7.42. The maximum Gasteiger partial charge on any atom is 0.338 e. The number of rotatable bonds is 24. The lowest BCUT2D eigenvalue weighted by Crippen LogP contribution is -2.41. The normalized spacial score (nSPS) is 16.7. The fourth-order valence-corrected chi connectivity index (χ4v) is 19.3. The van der Waals surface area contributed by atoms with E-state index in [1.54, 1.807) is 90.1 Å². The molecule has 133 heavy (non-hydrogen) atoms. The molecule has 0 bridgehead atoms. The van der Waals surface area contributed by atoms with Gasteiger partial charge in [-0.3, -0.25) is 61.6 Å². The molecule has 0 fully saturated rings. The van der Waals surface area contributed by atoms with Gasteiger partial charge in [0.2, 0.25) is 0 Å². The highest BCUT2D eigenvalue weighted by Gasteiger charge is 2.43. The molecular formula is C98H103N9O23S3. The number of benzene rings is 6. The smallest absolute Gasteiger partial charge is 0.338 e. The number of allylic oxidation sites excluding steroid dienone is 3. The standard InChI is InChI=1S/3C32H33N3O7S.C2H4O2/c3*1-7-14-34-22-11-9-8-10-21(22)26(29(34)37)28-30(38)35-27(20-12-13-23(42-19(5)36)24(15-20)40-6)25(18(4)33-32(35)43-28)31(39)41-16-17(2)3;1-2(3)4/h3*8-13,15,17,27H,7,14,16H2,1-6H3;1H3,(H,3,4)/b3*28-26-;. The number of fused-ring (bicyclic) bond motifs is 6. The summed E-state index contributed by atoms with van der Waals surface area (Å²) < 4.78 is 54.3. The van der Waals surface area contributed by atoms with E-state index in [1.165, 1.54) is 55.8 Å². The van der Waals surface area contributed by atoms with Crippen molar-refractivity contribution in [1.82, 2.24) is 13.7 Å². The van der Waals surface area contributed by atoms with Gasteiger partial charge in [0.1, 0.15) is 13.6 Å². The molecule has 0 saturated carbocycles. The van der Waals surface area contributed by atoms with E-state index in [2.05, 4.69) is 15.0 Å². The highest BCUT2D eigenvalue weighted by atomic mass is 32.1. The minimum atomic E-state index is -0.941. The molecule has 3 unspecified atom stereocenters. The number of anilines is 3. The van der Waals surface area contributed by atoms with Crippen molar-refractivity contribution in [1.29, 1.82) is 0 Å². The molecule has 0 radical (unpaired) electrons. The summed E-state index contributed by atoms with van der Waals surface area (Å²) in [7, 11) is 4.30. The number of aromatic nitrogens is 3. The Labute approximate surface area is 776 Å². The first-order valence-corrected chi connectivity index (χ1v) is 45.6. The first kappa shape index (κ1) is 98.0. The van der Waals surface area contributed by atoms with E-state index in [-0.39, 0.29) is 120 Å². The van der Waals surface area contributed by atoms with Gasteiger partial charge in [0.25, 0.3) is 40.4 Å². The molecule has 6 aliphatic rings. The molecule has 6 aliphatic heterocycles. The summed E-state index contributed by atoms with van der Waals surface area (Å²) in [5.41, 5.74) is 7.23. The quantitative estimate of drug-likeness (QED) is 0.0333. The van der Waals surface area contributed by atoms with Crippen molar-refractivity contribution >= 4 is 127 Å². The van der Waals surface area contributed by atoms with E-state index < -0.39 is 76.6 Å². The summed E-state index contributed by atoms with van der Waals surface area (Å²) >= 11 is 3.34. The Morgan fingerprint density at radius 3 is 0.835 bits per heavy atom. The third kappa shape index (κ3) is 20.2. The van der Waals surface area contributed by atoms with Gasteiger partial charge in [0, 0.05) is 64.0 Å². The second kappa shape index (κ2) is 42.0. The molecule has 3 aromatic heterocycles. The number of hydrogen-bond donors (Lipinski definition) is 1. The number of carbonyl (C=O) groups is 10. The second-order valence-corrected chi connectivity index (χ2v) is 35.7. The fraction of sp³-hybridized carbons (Fsp3) is 0.347. The van der Waals surface area contributed by atoms with Crippen LogP contribution >= 0.6 is 34.0 Å². The number of carbonyl (C=O) groups excluding carboxylic acids is 9.